The summed E-state index contributed by atoms with van der Waals surface area (Å²) in [5.74, 6) is -2.39. The van der Waals surface area contributed by atoms with Crippen molar-refractivity contribution in [1.29, 1.82) is 0 Å². The van der Waals surface area contributed by atoms with Crippen LogP contribution in [0.5, 0.6) is 0 Å². The molecular weight excluding hydrogens is 378 g/mol. The van der Waals surface area contributed by atoms with E-state index in [1.54, 1.807) is 36.4 Å². The number of benzene rings is 2. The average Bonchev–Trinajstić information content (AvgIpc) is 2.92. The smallest absolute Gasteiger partial charge is 0.310 e. The van der Waals surface area contributed by atoms with Gasteiger partial charge in [0.1, 0.15) is 0 Å². The second kappa shape index (κ2) is 7.00. The standard InChI is InChI=1S/C18H18ClNO5S/c1-11-17(21)15(18(22)23)10-20(11)26(24,25)16-9-13(19)7-8-14(16)12-5-3-2-4-6-12/h2-9,11,15,17,21H,10H2,1H3,(H,22,23)/t11-,15+,17-/m1/s1. The van der Waals surface area contributed by atoms with Crippen LogP contribution in [-0.4, -0.2) is 47.6 Å². The first-order valence-electron chi connectivity index (χ1n) is 8.01. The Balaban J connectivity index is 2.11. The van der Waals surface area contributed by atoms with Gasteiger partial charge in [0, 0.05) is 23.2 Å². The zero-order valence-electron chi connectivity index (χ0n) is 13.9. The third-order valence-electron chi connectivity index (χ3n) is 4.67. The summed E-state index contributed by atoms with van der Waals surface area (Å²) in [6, 6.07) is 12.7. The number of aliphatic carboxylic acids is 1. The molecule has 6 nitrogen and oxygen atoms in total. The molecule has 0 spiro atoms. The summed E-state index contributed by atoms with van der Waals surface area (Å²) in [6.07, 6.45) is -1.28. The Hall–Kier alpha value is -1.93. The Labute approximate surface area is 156 Å². The minimum Gasteiger partial charge on any atom is -0.481 e. The van der Waals surface area contributed by atoms with E-state index in [4.69, 9.17) is 11.6 Å². The predicted octanol–water partition coefficient (Wildman–Crippen LogP) is 2.46. The fourth-order valence-corrected chi connectivity index (χ4v) is 5.36. The fourth-order valence-electron chi connectivity index (χ4n) is 3.21. The van der Waals surface area contributed by atoms with Crippen LogP contribution in [0, 0.1) is 5.92 Å². The molecule has 1 aliphatic heterocycles. The van der Waals surface area contributed by atoms with Crippen molar-refractivity contribution in [2.24, 2.45) is 5.92 Å². The maximum absolute atomic E-state index is 13.3. The number of hydrogen-bond donors (Lipinski definition) is 2. The number of aliphatic hydroxyl groups is 1. The number of hydrogen-bond acceptors (Lipinski definition) is 4. The van der Waals surface area contributed by atoms with Gasteiger partial charge >= 0.3 is 5.97 Å². The molecular formula is C18H18ClNO5S. The van der Waals surface area contributed by atoms with E-state index in [1.807, 2.05) is 6.07 Å². The highest BCUT2D eigenvalue weighted by atomic mass is 35.5. The lowest BCUT2D eigenvalue weighted by molar-refractivity contribution is -0.144. The number of aliphatic hydroxyl groups excluding tert-OH is 1. The Morgan fingerprint density at radius 2 is 1.85 bits per heavy atom. The van der Waals surface area contributed by atoms with Crippen LogP contribution >= 0.6 is 11.6 Å². The highest BCUT2D eigenvalue weighted by molar-refractivity contribution is 7.89. The van der Waals surface area contributed by atoms with Crippen LogP contribution in [0.4, 0.5) is 0 Å². The van der Waals surface area contributed by atoms with E-state index in [-0.39, 0.29) is 16.5 Å². The topological polar surface area (TPSA) is 94.9 Å². The van der Waals surface area contributed by atoms with Crippen molar-refractivity contribution in [3.8, 4) is 11.1 Å². The molecule has 3 atom stereocenters. The Morgan fingerprint density at radius 3 is 2.42 bits per heavy atom. The molecule has 8 heteroatoms. The fraction of sp³-hybridized carbons (Fsp3) is 0.278. The van der Waals surface area contributed by atoms with Crippen molar-refractivity contribution in [2.45, 2.75) is 24.0 Å². The molecule has 0 aliphatic carbocycles. The first-order chi connectivity index (χ1) is 12.2. The van der Waals surface area contributed by atoms with Gasteiger partial charge in [-0.1, -0.05) is 48.0 Å². The minimum atomic E-state index is -4.06. The van der Waals surface area contributed by atoms with E-state index in [2.05, 4.69) is 0 Å². The second-order valence-electron chi connectivity index (χ2n) is 6.26. The molecule has 1 aliphatic rings. The van der Waals surface area contributed by atoms with Gasteiger partial charge in [-0.2, -0.15) is 4.31 Å². The van der Waals surface area contributed by atoms with Crippen LogP contribution in [-0.2, 0) is 14.8 Å². The summed E-state index contributed by atoms with van der Waals surface area (Å²) in [7, 11) is -4.06. The van der Waals surface area contributed by atoms with E-state index in [1.165, 1.54) is 13.0 Å². The molecule has 2 aromatic rings. The molecule has 0 amide bonds. The van der Waals surface area contributed by atoms with E-state index < -0.39 is 34.1 Å². The van der Waals surface area contributed by atoms with Crippen molar-refractivity contribution in [1.82, 2.24) is 4.31 Å². The average molecular weight is 396 g/mol. The summed E-state index contributed by atoms with van der Waals surface area (Å²) >= 11 is 6.03. The van der Waals surface area contributed by atoms with Crippen molar-refractivity contribution < 1.29 is 23.4 Å². The van der Waals surface area contributed by atoms with E-state index >= 15 is 0 Å². The lowest BCUT2D eigenvalue weighted by Gasteiger charge is -2.23. The lowest BCUT2D eigenvalue weighted by atomic mass is 10.0. The highest BCUT2D eigenvalue weighted by Gasteiger charge is 2.47. The maximum atomic E-state index is 13.3. The highest BCUT2D eigenvalue weighted by Crippen LogP contribution is 2.36. The van der Waals surface area contributed by atoms with Crippen LogP contribution in [0.1, 0.15) is 6.92 Å². The lowest BCUT2D eigenvalue weighted by Crippen LogP contribution is -2.37. The Bertz CT molecular complexity index is 932. The van der Waals surface area contributed by atoms with Gasteiger partial charge in [0.05, 0.1) is 16.9 Å². The number of nitrogens with zero attached hydrogens (tertiary/aromatic N) is 1. The SMILES string of the molecule is C[C@@H]1[C@@H](O)[C@@H](C(=O)O)CN1S(=O)(=O)c1cc(Cl)ccc1-c1ccccc1. The van der Waals surface area contributed by atoms with Crippen molar-refractivity contribution in [3.05, 3.63) is 53.6 Å². The number of carboxylic acids is 1. The molecule has 0 unspecified atom stereocenters. The van der Waals surface area contributed by atoms with Gasteiger partial charge in [0.25, 0.3) is 0 Å². The molecule has 1 heterocycles. The molecule has 138 valence electrons. The van der Waals surface area contributed by atoms with Crippen LogP contribution in [0.15, 0.2) is 53.4 Å². The number of carbonyl (C=O) groups is 1. The van der Waals surface area contributed by atoms with E-state index in [0.717, 1.165) is 4.31 Å². The summed E-state index contributed by atoms with van der Waals surface area (Å²) in [6.45, 7) is 1.21. The maximum Gasteiger partial charge on any atom is 0.310 e. The van der Waals surface area contributed by atoms with Crippen LogP contribution in [0.2, 0.25) is 5.02 Å². The first-order valence-corrected chi connectivity index (χ1v) is 9.83. The minimum absolute atomic E-state index is 0.0127. The zero-order valence-corrected chi connectivity index (χ0v) is 15.5. The van der Waals surface area contributed by atoms with Crippen molar-refractivity contribution in [3.63, 3.8) is 0 Å². The molecule has 1 fully saturated rings. The molecule has 1 saturated heterocycles. The summed E-state index contributed by atoms with van der Waals surface area (Å²) in [5, 5.41) is 19.6. The van der Waals surface area contributed by atoms with Gasteiger partial charge in [-0.15, -0.1) is 0 Å². The van der Waals surface area contributed by atoms with Gasteiger partial charge in [-0.25, -0.2) is 8.42 Å². The summed E-state index contributed by atoms with van der Waals surface area (Å²) in [5.41, 5.74) is 1.17. The first kappa shape index (κ1) is 18.8. The number of carboxylic acid groups (broad SMARTS) is 1. The van der Waals surface area contributed by atoms with Gasteiger partial charge in [0.15, 0.2) is 0 Å². The number of sulfonamides is 1. The molecule has 26 heavy (non-hydrogen) atoms. The largest absolute Gasteiger partial charge is 0.481 e. The van der Waals surface area contributed by atoms with Crippen LogP contribution in [0.25, 0.3) is 11.1 Å². The molecule has 2 N–H and O–H groups in total. The molecule has 0 aromatic heterocycles. The van der Waals surface area contributed by atoms with E-state index in [9.17, 15) is 23.4 Å². The third kappa shape index (κ3) is 3.23. The quantitative estimate of drug-likeness (QED) is 0.829. The second-order valence-corrected chi connectivity index (χ2v) is 8.55. The Morgan fingerprint density at radius 1 is 1.19 bits per heavy atom. The third-order valence-corrected chi connectivity index (χ3v) is 6.90. The summed E-state index contributed by atoms with van der Waals surface area (Å²) < 4.78 is 27.6. The van der Waals surface area contributed by atoms with Gasteiger partial charge in [0.2, 0.25) is 10.0 Å². The molecule has 2 aromatic carbocycles. The monoisotopic (exact) mass is 395 g/mol. The molecule has 0 saturated carbocycles. The van der Waals surface area contributed by atoms with Crippen LogP contribution < -0.4 is 0 Å². The van der Waals surface area contributed by atoms with Crippen molar-refractivity contribution in [2.75, 3.05) is 6.54 Å². The number of rotatable bonds is 4. The number of halogens is 1. The molecule has 3 rings (SSSR count). The van der Waals surface area contributed by atoms with Gasteiger partial charge in [-0.3, -0.25) is 4.79 Å². The van der Waals surface area contributed by atoms with E-state index in [0.29, 0.717) is 11.1 Å². The normalized spacial score (nSPS) is 23.9. The summed E-state index contributed by atoms with van der Waals surface area (Å²) in [4.78, 5) is 11.3. The van der Waals surface area contributed by atoms with Crippen LogP contribution in [0.3, 0.4) is 0 Å². The Kier molecular flexibility index (Phi) is 5.07. The molecule has 0 radical (unpaired) electrons. The van der Waals surface area contributed by atoms with Gasteiger partial charge in [-0.05, 0) is 24.6 Å². The molecule has 0 bridgehead atoms. The van der Waals surface area contributed by atoms with Crippen molar-refractivity contribution >= 4 is 27.6 Å². The zero-order chi connectivity index (χ0) is 19.1. The van der Waals surface area contributed by atoms with Gasteiger partial charge < -0.3 is 10.2 Å². The predicted molar refractivity (Wildman–Crippen MR) is 97.4 cm³/mol.